The molecule has 0 spiro atoms. The van der Waals surface area contributed by atoms with Crippen LogP contribution in [0.25, 0.3) is 0 Å². The van der Waals surface area contributed by atoms with E-state index in [-0.39, 0.29) is 23.6 Å². The molecule has 6 heteroatoms. The van der Waals surface area contributed by atoms with Crippen molar-refractivity contribution < 1.29 is 14.3 Å². The van der Waals surface area contributed by atoms with Crippen LogP contribution in [-0.2, 0) is 0 Å². The first-order chi connectivity index (χ1) is 12.7. The van der Waals surface area contributed by atoms with E-state index in [9.17, 15) is 9.59 Å². The maximum atomic E-state index is 12.5. The van der Waals surface area contributed by atoms with Crippen molar-refractivity contribution in [2.24, 2.45) is 0 Å². The van der Waals surface area contributed by atoms with Crippen LogP contribution in [0.5, 0.6) is 5.75 Å². The molecular formula is C20H23N3O3. The van der Waals surface area contributed by atoms with Gasteiger partial charge < -0.3 is 15.4 Å². The van der Waals surface area contributed by atoms with Crippen molar-refractivity contribution in [1.82, 2.24) is 10.3 Å². The Labute approximate surface area is 153 Å². The van der Waals surface area contributed by atoms with Gasteiger partial charge >= 0.3 is 0 Å². The van der Waals surface area contributed by atoms with E-state index in [1.807, 2.05) is 0 Å². The lowest BCUT2D eigenvalue weighted by Gasteiger charge is -2.22. The number of pyridine rings is 1. The highest BCUT2D eigenvalue weighted by Gasteiger charge is 2.18. The molecule has 0 radical (unpaired) electrons. The van der Waals surface area contributed by atoms with Gasteiger partial charge in [0.2, 0.25) is 0 Å². The molecule has 0 atom stereocenters. The Hall–Kier alpha value is -2.89. The molecule has 0 saturated heterocycles. The zero-order valence-electron chi connectivity index (χ0n) is 14.8. The zero-order valence-corrected chi connectivity index (χ0v) is 14.8. The Morgan fingerprint density at radius 3 is 2.65 bits per heavy atom. The molecule has 0 aliphatic heterocycles. The smallest absolute Gasteiger partial charge is 0.270 e. The summed E-state index contributed by atoms with van der Waals surface area (Å²) in [7, 11) is 1.57. The molecular weight excluding hydrogens is 330 g/mol. The number of benzene rings is 1. The van der Waals surface area contributed by atoms with Crippen LogP contribution in [0.3, 0.4) is 0 Å². The molecule has 0 bridgehead atoms. The summed E-state index contributed by atoms with van der Waals surface area (Å²) in [6.07, 6.45) is 6.99. The summed E-state index contributed by atoms with van der Waals surface area (Å²) in [4.78, 5) is 29.0. The van der Waals surface area contributed by atoms with Crippen LogP contribution in [0.15, 0.2) is 42.6 Å². The van der Waals surface area contributed by atoms with Crippen molar-refractivity contribution >= 4 is 17.5 Å². The van der Waals surface area contributed by atoms with E-state index in [1.54, 1.807) is 37.4 Å². The van der Waals surface area contributed by atoms with E-state index in [0.717, 1.165) is 25.7 Å². The summed E-state index contributed by atoms with van der Waals surface area (Å²) >= 11 is 0. The van der Waals surface area contributed by atoms with Gasteiger partial charge in [-0.2, -0.15) is 0 Å². The van der Waals surface area contributed by atoms with Crippen LogP contribution >= 0.6 is 0 Å². The maximum Gasteiger partial charge on any atom is 0.270 e. The molecule has 3 rings (SSSR count). The molecule has 1 aromatic heterocycles. The summed E-state index contributed by atoms with van der Waals surface area (Å²) in [6.45, 7) is 0. The van der Waals surface area contributed by atoms with Crippen molar-refractivity contribution in [2.75, 3.05) is 12.4 Å². The minimum Gasteiger partial charge on any atom is -0.497 e. The second-order valence-corrected chi connectivity index (χ2v) is 6.42. The first-order valence-electron chi connectivity index (χ1n) is 8.88. The van der Waals surface area contributed by atoms with E-state index in [4.69, 9.17) is 4.74 Å². The molecule has 136 valence electrons. The van der Waals surface area contributed by atoms with Gasteiger partial charge in [-0.15, -0.1) is 0 Å². The molecule has 2 aromatic rings. The lowest BCUT2D eigenvalue weighted by Crippen LogP contribution is -2.36. The van der Waals surface area contributed by atoms with Gasteiger partial charge in [0.1, 0.15) is 11.4 Å². The topological polar surface area (TPSA) is 80.3 Å². The lowest BCUT2D eigenvalue weighted by atomic mass is 9.95. The number of methoxy groups -OCH3 is 1. The highest BCUT2D eigenvalue weighted by atomic mass is 16.5. The molecule has 1 aliphatic rings. The van der Waals surface area contributed by atoms with E-state index >= 15 is 0 Å². The second-order valence-electron chi connectivity index (χ2n) is 6.42. The van der Waals surface area contributed by atoms with Gasteiger partial charge in [0, 0.05) is 29.6 Å². The van der Waals surface area contributed by atoms with E-state index in [2.05, 4.69) is 15.6 Å². The van der Waals surface area contributed by atoms with Crippen molar-refractivity contribution in [2.45, 2.75) is 38.1 Å². The highest BCUT2D eigenvalue weighted by molar-refractivity contribution is 6.05. The van der Waals surface area contributed by atoms with Crippen LogP contribution < -0.4 is 15.4 Å². The van der Waals surface area contributed by atoms with Crippen LogP contribution in [0.1, 0.15) is 53.0 Å². The monoisotopic (exact) mass is 353 g/mol. The molecule has 0 unspecified atom stereocenters. The minimum atomic E-state index is -0.299. The maximum absolute atomic E-state index is 12.5. The number of hydrogen-bond donors (Lipinski definition) is 2. The van der Waals surface area contributed by atoms with Gasteiger partial charge in [-0.3, -0.25) is 14.6 Å². The van der Waals surface area contributed by atoms with E-state index in [1.165, 1.54) is 18.7 Å². The number of nitrogens with one attached hydrogen (secondary N) is 2. The predicted octanol–water partition coefficient (Wildman–Crippen LogP) is 3.41. The summed E-state index contributed by atoms with van der Waals surface area (Å²) in [5, 5.41) is 5.82. The highest BCUT2D eigenvalue weighted by Crippen LogP contribution is 2.19. The fraction of sp³-hybridized carbons (Fsp3) is 0.350. The first kappa shape index (κ1) is 17.9. The van der Waals surface area contributed by atoms with Crippen molar-refractivity contribution in [3.8, 4) is 5.75 Å². The fourth-order valence-electron chi connectivity index (χ4n) is 3.11. The van der Waals surface area contributed by atoms with Gasteiger partial charge in [0.15, 0.2) is 0 Å². The third kappa shape index (κ3) is 4.59. The van der Waals surface area contributed by atoms with Crippen molar-refractivity contribution in [1.29, 1.82) is 0 Å². The predicted molar refractivity (Wildman–Crippen MR) is 99.5 cm³/mol. The molecule has 1 aliphatic carbocycles. The van der Waals surface area contributed by atoms with Gasteiger partial charge in [0.05, 0.1) is 7.11 Å². The molecule has 1 saturated carbocycles. The number of carbonyl (C=O) groups is 2. The van der Waals surface area contributed by atoms with Gasteiger partial charge in [0.25, 0.3) is 11.8 Å². The number of nitrogens with zero attached hydrogens (tertiary/aromatic N) is 1. The number of rotatable bonds is 5. The minimum absolute atomic E-state index is 0.201. The van der Waals surface area contributed by atoms with Crippen LogP contribution in [0.4, 0.5) is 5.69 Å². The normalized spacial score (nSPS) is 14.5. The van der Waals surface area contributed by atoms with Crippen LogP contribution in [-0.4, -0.2) is 29.9 Å². The summed E-state index contributed by atoms with van der Waals surface area (Å²) in [5.74, 6) is 0.130. The number of anilines is 1. The standard InChI is InChI=1S/C20H23N3O3/c1-26-17-9-5-8-16(13-17)23-19(24)14-10-11-21-18(12-14)20(25)22-15-6-3-2-4-7-15/h5,8-13,15H,2-4,6-7H2,1H3,(H,22,25)(H,23,24). The van der Waals surface area contributed by atoms with Gasteiger partial charge in [-0.05, 0) is 37.1 Å². The lowest BCUT2D eigenvalue weighted by molar-refractivity contribution is 0.0922. The second kappa shape index (κ2) is 8.47. The molecule has 1 heterocycles. The Balaban J connectivity index is 1.67. The Morgan fingerprint density at radius 2 is 1.88 bits per heavy atom. The summed E-state index contributed by atoms with van der Waals surface area (Å²) < 4.78 is 5.15. The van der Waals surface area contributed by atoms with Gasteiger partial charge in [-0.25, -0.2) is 0 Å². The van der Waals surface area contributed by atoms with Gasteiger partial charge in [-0.1, -0.05) is 25.3 Å². The third-order valence-corrected chi connectivity index (χ3v) is 4.52. The zero-order chi connectivity index (χ0) is 18.4. The summed E-state index contributed by atoms with van der Waals surface area (Å²) in [6, 6.07) is 10.4. The van der Waals surface area contributed by atoms with Crippen LogP contribution in [0, 0.1) is 0 Å². The van der Waals surface area contributed by atoms with E-state index < -0.39 is 0 Å². The molecule has 2 amide bonds. The van der Waals surface area contributed by atoms with E-state index in [0.29, 0.717) is 17.0 Å². The molecule has 26 heavy (non-hydrogen) atoms. The van der Waals surface area contributed by atoms with Crippen LogP contribution in [0.2, 0.25) is 0 Å². The Bertz CT molecular complexity index is 785. The number of carbonyl (C=O) groups excluding carboxylic acids is 2. The Kier molecular flexibility index (Phi) is 5.84. The first-order valence-corrected chi connectivity index (χ1v) is 8.88. The molecule has 1 fully saturated rings. The number of hydrogen-bond acceptors (Lipinski definition) is 4. The Morgan fingerprint density at radius 1 is 1.08 bits per heavy atom. The van der Waals surface area contributed by atoms with Crippen molar-refractivity contribution in [3.05, 3.63) is 53.9 Å². The third-order valence-electron chi connectivity index (χ3n) is 4.52. The molecule has 2 N–H and O–H groups in total. The average molecular weight is 353 g/mol. The number of aromatic nitrogens is 1. The SMILES string of the molecule is COc1cccc(NC(=O)c2ccnc(C(=O)NC3CCCCC3)c2)c1. The molecule has 1 aromatic carbocycles. The largest absolute Gasteiger partial charge is 0.497 e. The molecule has 6 nitrogen and oxygen atoms in total. The number of ether oxygens (including phenoxy) is 1. The quantitative estimate of drug-likeness (QED) is 0.863. The fourth-order valence-corrected chi connectivity index (χ4v) is 3.11. The summed E-state index contributed by atoms with van der Waals surface area (Å²) in [5.41, 5.74) is 1.27. The number of amides is 2. The van der Waals surface area contributed by atoms with Crippen molar-refractivity contribution in [3.63, 3.8) is 0 Å². The average Bonchev–Trinajstić information content (AvgIpc) is 2.69.